The second-order valence-electron chi connectivity index (χ2n) is 5.38. The fourth-order valence-corrected chi connectivity index (χ4v) is 2.74. The highest BCUT2D eigenvalue weighted by atomic mass is 35.5. The van der Waals surface area contributed by atoms with Gasteiger partial charge < -0.3 is 14.2 Å². The van der Waals surface area contributed by atoms with Crippen molar-refractivity contribution < 1.29 is 9.53 Å². The summed E-state index contributed by atoms with van der Waals surface area (Å²) < 4.78 is 7.61. The Hall–Kier alpha value is -1.85. The van der Waals surface area contributed by atoms with E-state index in [1.54, 1.807) is 18.7 Å². The fourth-order valence-electron chi connectivity index (χ4n) is 2.62. The van der Waals surface area contributed by atoms with Crippen molar-refractivity contribution in [2.24, 2.45) is 0 Å². The van der Waals surface area contributed by atoms with Crippen molar-refractivity contribution in [1.29, 1.82) is 0 Å². The minimum Gasteiger partial charge on any atom is -0.370 e. The van der Waals surface area contributed by atoms with E-state index in [1.165, 1.54) is 0 Å². The molecule has 5 nitrogen and oxygen atoms in total. The Labute approximate surface area is 134 Å². The quantitative estimate of drug-likeness (QED) is 0.874. The molecule has 1 fully saturated rings. The largest absolute Gasteiger partial charge is 0.370 e. The Bertz CT molecular complexity index is 627. The normalized spacial score (nSPS) is 19.9. The molecule has 0 unspecified atom stereocenters. The molecule has 0 radical (unpaired) electrons. The van der Waals surface area contributed by atoms with E-state index in [-0.39, 0.29) is 18.1 Å². The number of nitrogens with zero attached hydrogens (tertiary/aromatic N) is 3. The molecule has 0 saturated carbocycles. The van der Waals surface area contributed by atoms with Crippen molar-refractivity contribution in [3.05, 3.63) is 53.6 Å². The highest BCUT2D eigenvalue weighted by Crippen LogP contribution is 2.25. The van der Waals surface area contributed by atoms with Gasteiger partial charge >= 0.3 is 0 Å². The summed E-state index contributed by atoms with van der Waals surface area (Å²) in [6, 6.07) is 7.32. The fraction of sp³-hybridized carbons (Fsp3) is 0.375. The van der Waals surface area contributed by atoms with Crippen LogP contribution in [0.15, 0.2) is 43.0 Å². The van der Waals surface area contributed by atoms with Gasteiger partial charge in [-0.3, -0.25) is 4.79 Å². The zero-order valence-corrected chi connectivity index (χ0v) is 13.1. The molecule has 2 aromatic rings. The summed E-state index contributed by atoms with van der Waals surface area (Å²) in [5.41, 5.74) is 1.04. The summed E-state index contributed by atoms with van der Waals surface area (Å²) in [6.45, 7) is 3.59. The minimum atomic E-state index is -0.258. The molecule has 1 aromatic heterocycles. The summed E-state index contributed by atoms with van der Waals surface area (Å²) in [6.07, 6.45) is 5.05. The minimum absolute atomic E-state index is 0.0836. The Morgan fingerprint density at radius 1 is 1.41 bits per heavy atom. The highest BCUT2D eigenvalue weighted by molar-refractivity contribution is 6.30. The average Bonchev–Trinajstić information content (AvgIpc) is 3.09. The van der Waals surface area contributed by atoms with Crippen LogP contribution in [0.5, 0.6) is 0 Å². The molecule has 3 rings (SSSR count). The first kappa shape index (κ1) is 15.1. The molecule has 2 heterocycles. The van der Waals surface area contributed by atoms with E-state index in [1.807, 2.05) is 40.7 Å². The van der Waals surface area contributed by atoms with E-state index >= 15 is 0 Å². The number of carbonyl (C=O) groups is 1. The molecule has 0 N–H and O–H groups in total. The average molecular weight is 320 g/mol. The van der Waals surface area contributed by atoms with Crippen molar-refractivity contribution in [2.45, 2.75) is 19.1 Å². The van der Waals surface area contributed by atoms with Crippen LogP contribution in [-0.4, -0.2) is 40.1 Å². The summed E-state index contributed by atoms with van der Waals surface area (Å²) in [4.78, 5) is 18.5. The molecule has 2 atom stereocenters. The van der Waals surface area contributed by atoms with Crippen LogP contribution in [0, 0.1) is 0 Å². The maximum atomic E-state index is 12.6. The molecule has 1 aromatic carbocycles. The second kappa shape index (κ2) is 6.50. The number of morpholine rings is 1. The van der Waals surface area contributed by atoms with Gasteiger partial charge in [-0.05, 0) is 24.6 Å². The number of imidazole rings is 1. The van der Waals surface area contributed by atoms with E-state index in [4.69, 9.17) is 16.3 Å². The number of aromatic nitrogens is 2. The van der Waals surface area contributed by atoms with Crippen molar-refractivity contribution in [3.8, 4) is 0 Å². The van der Waals surface area contributed by atoms with Gasteiger partial charge in [-0.25, -0.2) is 4.98 Å². The highest BCUT2D eigenvalue weighted by Gasteiger charge is 2.28. The maximum Gasteiger partial charge on any atom is 0.245 e. The molecule has 1 saturated heterocycles. The number of amides is 1. The number of hydrogen-bond acceptors (Lipinski definition) is 3. The third kappa shape index (κ3) is 3.15. The van der Waals surface area contributed by atoms with Crippen LogP contribution in [0.3, 0.4) is 0 Å². The van der Waals surface area contributed by atoms with Gasteiger partial charge in [0, 0.05) is 24.0 Å². The first-order valence-corrected chi connectivity index (χ1v) is 7.66. The van der Waals surface area contributed by atoms with Gasteiger partial charge in [-0.15, -0.1) is 0 Å². The molecule has 0 aliphatic carbocycles. The van der Waals surface area contributed by atoms with Gasteiger partial charge in [0.25, 0.3) is 0 Å². The number of rotatable bonds is 3. The number of benzene rings is 1. The lowest BCUT2D eigenvalue weighted by molar-refractivity contribution is -0.142. The van der Waals surface area contributed by atoms with Crippen LogP contribution in [0.25, 0.3) is 0 Å². The summed E-state index contributed by atoms with van der Waals surface area (Å²) in [7, 11) is 0. The van der Waals surface area contributed by atoms with Gasteiger partial charge in [-0.2, -0.15) is 0 Å². The van der Waals surface area contributed by atoms with Crippen LogP contribution in [0.1, 0.15) is 24.6 Å². The maximum absolute atomic E-state index is 12.6. The number of carbonyl (C=O) groups excluding carboxylic acids is 1. The Kier molecular flexibility index (Phi) is 4.45. The Morgan fingerprint density at radius 3 is 2.86 bits per heavy atom. The number of hydrogen-bond donors (Lipinski definition) is 0. The third-order valence-corrected chi connectivity index (χ3v) is 4.20. The lowest BCUT2D eigenvalue weighted by atomic mass is 10.1. The molecular formula is C16H18ClN3O2. The van der Waals surface area contributed by atoms with E-state index in [0.717, 1.165) is 5.56 Å². The van der Waals surface area contributed by atoms with Crippen molar-refractivity contribution in [1.82, 2.24) is 14.5 Å². The zero-order chi connectivity index (χ0) is 15.5. The Balaban J connectivity index is 1.70. The predicted molar refractivity (Wildman–Crippen MR) is 83.7 cm³/mol. The lowest BCUT2D eigenvalue weighted by Crippen LogP contribution is -2.44. The Morgan fingerprint density at radius 2 is 2.18 bits per heavy atom. The van der Waals surface area contributed by atoms with Crippen molar-refractivity contribution >= 4 is 17.5 Å². The molecule has 1 aliphatic heterocycles. The van der Waals surface area contributed by atoms with Gasteiger partial charge in [0.1, 0.15) is 12.1 Å². The van der Waals surface area contributed by atoms with Crippen LogP contribution >= 0.6 is 11.6 Å². The SMILES string of the molecule is C[C@@H](C(=O)N1CCO[C@H](c2ccc(Cl)cc2)C1)n1ccnc1. The van der Waals surface area contributed by atoms with E-state index in [9.17, 15) is 4.79 Å². The topological polar surface area (TPSA) is 47.4 Å². The second-order valence-corrected chi connectivity index (χ2v) is 5.82. The standard InChI is InChI=1S/C16H18ClN3O2/c1-12(20-7-6-18-11-20)16(21)19-8-9-22-15(10-19)13-2-4-14(17)5-3-13/h2-7,11-12,15H,8-10H2,1H3/t12-,15-/m0/s1. The van der Waals surface area contributed by atoms with Gasteiger partial charge in [0.15, 0.2) is 0 Å². The third-order valence-electron chi connectivity index (χ3n) is 3.95. The summed E-state index contributed by atoms with van der Waals surface area (Å²) in [5, 5.41) is 0.696. The summed E-state index contributed by atoms with van der Waals surface area (Å²) in [5.74, 6) is 0.0836. The zero-order valence-electron chi connectivity index (χ0n) is 12.4. The van der Waals surface area contributed by atoms with Gasteiger partial charge in [-0.1, -0.05) is 23.7 Å². The number of halogens is 1. The van der Waals surface area contributed by atoms with Crippen molar-refractivity contribution in [2.75, 3.05) is 19.7 Å². The molecule has 0 spiro atoms. The van der Waals surface area contributed by atoms with E-state index in [2.05, 4.69) is 4.98 Å². The molecule has 0 bridgehead atoms. The monoisotopic (exact) mass is 319 g/mol. The first-order chi connectivity index (χ1) is 10.6. The van der Waals surface area contributed by atoms with Gasteiger partial charge in [0.05, 0.1) is 19.5 Å². The summed E-state index contributed by atoms with van der Waals surface area (Å²) >= 11 is 5.91. The van der Waals surface area contributed by atoms with Crippen molar-refractivity contribution in [3.63, 3.8) is 0 Å². The molecule has 6 heteroatoms. The van der Waals surface area contributed by atoms with Crippen LogP contribution in [-0.2, 0) is 9.53 Å². The van der Waals surface area contributed by atoms with E-state index < -0.39 is 0 Å². The molecule has 1 aliphatic rings. The van der Waals surface area contributed by atoms with Gasteiger partial charge in [0.2, 0.25) is 5.91 Å². The van der Waals surface area contributed by atoms with E-state index in [0.29, 0.717) is 24.7 Å². The first-order valence-electron chi connectivity index (χ1n) is 7.28. The molecule has 116 valence electrons. The predicted octanol–water partition coefficient (Wildman–Crippen LogP) is 2.70. The van der Waals surface area contributed by atoms with Crippen LogP contribution in [0.2, 0.25) is 5.02 Å². The number of ether oxygens (including phenoxy) is 1. The van der Waals surface area contributed by atoms with Crippen LogP contribution in [0.4, 0.5) is 0 Å². The molecule has 1 amide bonds. The molecular weight excluding hydrogens is 302 g/mol. The lowest BCUT2D eigenvalue weighted by Gasteiger charge is -2.34. The smallest absolute Gasteiger partial charge is 0.245 e. The van der Waals surface area contributed by atoms with Crippen LogP contribution < -0.4 is 0 Å². The molecule has 22 heavy (non-hydrogen) atoms.